The van der Waals surface area contributed by atoms with Crippen LogP contribution in [0.15, 0.2) is 34.9 Å². The molecule has 0 atom stereocenters. The van der Waals surface area contributed by atoms with Crippen molar-refractivity contribution < 1.29 is 13.9 Å². The molecule has 1 saturated carbocycles. The van der Waals surface area contributed by atoms with Gasteiger partial charge in [0.05, 0.1) is 13.7 Å². The molecule has 1 aliphatic carbocycles. The van der Waals surface area contributed by atoms with Crippen molar-refractivity contribution in [2.75, 3.05) is 27.2 Å². The van der Waals surface area contributed by atoms with Gasteiger partial charge in [-0.05, 0) is 43.4 Å². The van der Waals surface area contributed by atoms with Gasteiger partial charge in [0.1, 0.15) is 12.0 Å². The molecule has 1 heterocycles. The van der Waals surface area contributed by atoms with Gasteiger partial charge in [-0.15, -0.1) is 0 Å². The zero-order valence-electron chi connectivity index (χ0n) is 15.8. The third-order valence-corrected chi connectivity index (χ3v) is 4.70. The second-order valence-corrected chi connectivity index (χ2v) is 6.91. The largest absolute Gasteiger partial charge is 0.497 e. The second kappa shape index (κ2) is 8.36. The number of nitrogens with zero attached hydrogens (tertiary/aromatic N) is 3. The van der Waals surface area contributed by atoms with Gasteiger partial charge >= 0.3 is 0 Å². The predicted octanol–water partition coefficient (Wildman–Crippen LogP) is 3.19. The maximum absolute atomic E-state index is 12.2. The Labute approximate surface area is 154 Å². The highest BCUT2D eigenvalue weighted by Crippen LogP contribution is 2.31. The number of amides is 1. The van der Waals surface area contributed by atoms with Crippen LogP contribution in [0.3, 0.4) is 0 Å². The molecule has 1 aromatic heterocycles. The second-order valence-electron chi connectivity index (χ2n) is 6.91. The van der Waals surface area contributed by atoms with Crippen molar-refractivity contribution in [1.82, 2.24) is 14.8 Å². The Balaban J connectivity index is 1.68. The molecule has 1 aliphatic rings. The first-order valence-corrected chi connectivity index (χ1v) is 9.14. The highest BCUT2D eigenvalue weighted by Gasteiger charge is 2.25. The van der Waals surface area contributed by atoms with Gasteiger partial charge in [0.25, 0.3) is 5.91 Å². The van der Waals surface area contributed by atoms with E-state index in [0.29, 0.717) is 24.7 Å². The fourth-order valence-corrected chi connectivity index (χ4v) is 2.89. The van der Waals surface area contributed by atoms with Crippen LogP contribution in [0.4, 0.5) is 0 Å². The highest BCUT2D eigenvalue weighted by molar-refractivity contribution is 5.91. The number of benzene rings is 1. The molecule has 2 aromatic rings. The van der Waals surface area contributed by atoms with Gasteiger partial charge in [-0.3, -0.25) is 9.69 Å². The molecular weight excluding hydrogens is 330 g/mol. The molecule has 0 unspecified atom stereocenters. The van der Waals surface area contributed by atoms with Crippen LogP contribution >= 0.6 is 0 Å². The van der Waals surface area contributed by atoms with E-state index >= 15 is 0 Å². The molecule has 1 fully saturated rings. The molecule has 0 radical (unpaired) electrons. The molecule has 140 valence electrons. The normalized spacial score (nSPS) is 13.8. The van der Waals surface area contributed by atoms with E-state index in [0.717, 1.165) is 24.8 Å². The summed E-state index contributed by atoms with van der Waals surface area (Å²) in [6, 6.07) is 8.11. The van der Waals surface area contributed by atoms with E-state index < -0.39 is 0 Å². The van der Waals surface area contributed by atoms with Crippen LogP contribution in [0.2, 0.25) is 0 Å². The number of hydrogen-bond acceptors (Lipinski definition) is 5. The zero-order valence-corrected chi connectivity index (χ0v) is 15.8. The molecule has 6 nitrogen and oxygen atoms in total. The average molecular weight is 357 g/mol. The lowest BCUT2D eigenvalue weighted by molar-refractivity contribution is 0.0796. The Morgan fingerprint density at radius 3 is 2.85 bits per heavy atom. The maximum atomic E-state index is 12.2. The summed E-state index contributed by atoms with van der Waals surface area (Å²) in [6.45, 7) is 4.98. The fourth-order valence-electron chi connectivity index (χ4n) is 2.89. The van der Waals surface area contributed by atoms with Crippen molar-refractivity contribution in [3.63, 3.8) is 0 Å². The van der Waals surface area contributed by atoms with E-state index in [2.05, 4.69) is 22.0 Å². The lowest BCUT2D eigenvalue weighted by Crippen LogP contribution is -2.27. The summed E-state index contributed by atoms with van der Waals surface area (Å²) in [6.07, 6.45) is 4.03. The van der Waals surface area contributed by atoms with Crippen LogP contribution in [0.25, 0.3) is 0 Å². The molecule has 26 heavy (non-hydrogen) atoms. The van der Waals surface area contributed by atoms with Crippen molar-refractivity contribution in [3.05, 3.63) is 47.7 Å². The third kappa shape index (κ3) is 4.85. The number of carbonyl (C=O) groups is 1. The first-order chi connectivity index (χ1) is 12.6. The van der Waals surface area contributed by atoms with E-state index in [-0.39, 0.29) is 5.91 Å². The molecule has 1 amide bonds. The monoisotopic (exact) mass is 357 g/mol. The lowest BCUT2D eigenvalue weighted by Gasteiger charge is -2.21. The van der Waals surface area contributed by atoms with E-state index in [1.54, 1.807) is 19.1 Å². The number of oxazole rings is 1. The van der Waals surface area contributed by atoms with Crippen molar-refractivity contribution >= 4 is 5.91 Å². The topological polar surface area (TPSA) is 58.8 Å². The van der Waals surface area contributed by atoms with Gasteiger partial charge in [0.2, 0.25) is 5.89 Å². The highest BCUT2D eigenvalue weighted by atomic mass is 16.5. The number of hydrogen-bond donors (Lipinski definition) is 0. The number of rotatable bonds is 9. The number of ether oxygens (including phenoxy) is 1. The Kier molecular flexibility index (Phi) is 5.93. The van der Waals surface area contributed by atoms with Crippen LogP contribution in [-0.4, -0.2) is 47.9 Å². The number of aromatic nitrogens is 1. The van der Waals surface area contributed by atoms with E-state index in [1.807, 2.05) is 19.1 Å². The van der Waals surface area contributed by atoms with E-state index in [9.17, 15) is 4.79 Å². The predicted molar refractivity (Wildman–Crippen MR) is 99.0 cm³/mol. The van der Waals surface area contributed by atoms with Gasteiger partial charge in [0, 0.05) is 26.7 Å². The average Bonchev–Trinajstić information content (AvgIpc) is 3.35. The summed E-state index contributed by atoms with van der Waals surface area (Å²) in [5.41, 5.74) is 1.57. The van der Waals surface area contributed by atoms with Crippen molar-refractivity contribution in [2.45, 2.75) is 32.9 Å². The van der Waals surface area contributed by atoms with Gasteiger partial charge in [-0.2, -0.15) is 0 Å². The van der Waals surface area contributed by atoms with Crippen LogP contribution in [0, 0.1) is 5.92 Å². The van der Waals surface area contributed by atoms with Gasteiger partial charge < -0.3 is 14.1 Å². The minimum absolute atomic E-state index is 0.107. The van der Waals surface area contributed by atoms with Crippen LogP contribution < -0.4 is 4.74 Å². The standard InChI is InChI=1S/C20H27N3O3/c1-4-22(2)20(24)18-14-26-19(21-18)13-23(11-15-8-9-15)12-16-6-5-7-17(10-16)25-3/h5-7,10,14-15H,4,8-9,11-13H2,1-3H3. The molecule has 1 aromatic carbocycles. The summed E-state index contributed by atoms with van der Waals surface area (Å²) < 4.78 is 10.9. The third-order valence-electron chi connectivity index (χ3n) is 4.70. The zero-order chi connectivity index (χ0) is 18.5. The van der Waals surface area contributed by atoms with Crippen molar-refractivity contribution in [3.8, 4) is 5.75 Å². The van der Waals surface area contributed by atoms with Crippen LogP contribution in [-0.2, 0) is 13.1 Å². The van der Waals surface area contributed by atoms with E-state index in [4.69, 9.17) is 9.15 Å². The Morgan fingerprint density at radius 1 is 1.35 bits per heavy atom. The van der Waals surface area contributed by atoms with Crippen molar-refractivity contribution in [2.24, 2.45) is 5.92 Å². The summed E-state index contributed by atoms with van der Waals surface area (Å²) in [7, 11) is 3.44. The van der Waals surface area contributed by atoms with Gasteiger partial charge in [0.15, 0.2) is 5.69 Å². The maximum Gasteiger partial charge on any atom is 0.275 e. The summed E-state index contributed by atoms with van der Waals surface area (Å²) >= 11 is 0. The van der Waals surface area contributed by atoms with E-state index in [1.165, 1.54) is 24.7 Å². The van der Waals surface area contributed by atoms with Crippen LogP contribution in [0.1, 0.15) is 41.7 Å². The SMILES string of the molecule is CCN(C)C(=O)c1coc(CN(Cc2cccc(OC)c2)CC2CC2)n1. The minimum atomic E-state index is -0.107. The minimum Gasteiger partial charge on any atom is -0.497 e. The number of carbonyl (C=O) groups excluding carboxylic acids is 1. The molecule has 0 N–H and O–H groups in total. The first-order valence-electron chi connectivity index (χ1n) is 9.14. The molecule has 3 rings (SSSR count). The first kappa shape index (κ1) is 18.5. The quantitative estimate of drug-likeness (QED) is 0.690. The molecule has 0 aliphatic heterocycles. The Hall–Kier alpha value is -2.34. The Bertz CT molecular complexity index is 739. The molecular formula is C20H27N3O3. The van der Waals surface area contributed by atoms with Crippen molar-refractivity contribution in [1.29, 1.82) is 0 Å². The van der Waals surface area contributed by atoms with Gasteiger partial charge in [-0.25, -0.2) is 4.98 Å². The molecule has 0 spiro atoms. The van der Waals surface area contributed by atoms with Gasteiger partial charge in [-0.1, -0.05) is 12.1 Å². The number of methoxy groups -OCH3 is 1. The lowest BCUT2D eigenvalue weighted by atomic mass is 10.2. The molecule has 6 heteroatoms. The Morgan fingerprint density at radius 2 is 2.15 bits per heavy atom. The summed E-state index contributed by atoms with van der Waals surface area (Å²) in [5.74, 6) is 2.09. The molecule has 0 bridgehead atoms. The summed E-state index contributed by atoms with van der Waals surface area (Å²) in [5, 5.41) is 0. The van der Waals surface area contributed by atoms with Crippen LogP contribution in [0.5, 0.6) is 5.75 Å². The molecule has 0 saturated heterocycles. The smallest absolute Gasteiger partial charge is 0.275 e. The fraction of sp³-hybridized carbons (Fsp3) is 0.500. The summed E-state index contributed by atoms with van der Waals surface area (Å²) in [4.78, 5) is 20.6.